The van der Waals surface area contributed by atoms with Gasteiger partial charge in [-0.2, -0.15) is 0 Å². The van der Waals surface area contributed by atoms with Crippen LogP contribution in [0.2, 0.25) is 0 Å². The molecule has 0 saturated heterocycles. The van der Waals surface area contributed by atoms with Crippen LogP contribution in [0.3, 0.4) is 0 Å². The van der Waals surface area contributed by atoms with Crippen LogP contribution in [0.5, 0.6) is 5.75 Å². The predicted molar refractivity (Wildman–Crippen MR) is 120 cm³/mol. The number of hydrogen-bond acceptors (Lipinski definition) is 7. The van der Waals surface area contributed by atoms with E-state index in [1.165, 1.54) is 11.3 Å². The van der Waals surface area contributed by atoms with Crippen LogP contribution in [0.4, 0.5) is 0 Å². The number of H-pyrrole nitrogens is 1. The largest absolute Gasteiger partial charge is 0.494 e. The summed E-state index contributed by atoms with van der Waals surface area (Å²) in [7, 11) is 0. The monoisotopic (exact) mass is 442 g/mol. The van der Waals surface area contributed by atoms with E-state index in [1.807, 2.05) is 20.8 Å². The lowest BCUT2D eigenvalue weighted by atomic mass is 10.1. The molecule has 0 radical (unpaired) electrons. The minimum absolute atomic E-state index is 0.0347. The van der Waals surface area contributed by atoms with Crippen molar-refractivity contribution in [2.45, 2.75) is 53.1 Å². The number of benzene rings is 1. The summed E-state index contributed by atoms with van der Waals surface area (Å²) in [6, 6.07) is 6.87. The van der Waals surface area contributed by atoms with Crippen molar-refractivity contribution in [1.29, 1.82) is 0 Å². The zero-order chi connectivity index (χ0) is 22.5. The Bertz CT molecular complexity index is 1150. The molecule has 2 aromatic heterocycles. The standard InChI is InChI=1S/C23H26N2O5S/c1-5-12-29-17-8-6-16(7-9-17)18(26)10-11-19(27)30-14(3)21-24-22(28)20-13(2)15(4)31-23(20)25-21/h6-9,14H,5,10-12H2,1-4H3,(H,24,25,28). The quantitative estimate of drug-likeness (QED) is 0.382. The van der Waals surface area contributed by atoms with Gasteiger partial charge < -0.3 is 14.5 Å². The van der Waals surface area contributed by atoms with Crippen LogP contribution in [0.25, 0.3) is 10.2 Å². The van der Waals surface area contributed by atoms with Gasteiger partial charge in [0.25, 0.3) is 5.56 Å². The zero-order valence-electron chi connectivity index (χ0n) is 18.1. The van der Waals surface area contributed by atoms with Crippen LogP contribution in [0.15, 0.2) is 29.1 Å². The molecule has 3 rings (SSSR count). The molecule has 0 fully saturated rings. The third kappa shape index (κ3) is 5.38. The van der Waals surface area contributed by atoms with Crippen LogP contribution in [-0.4, -0.2) is 28.3 Å². The fourth-order valence-corrected chi connectivity index (χ4v) is 4.13. The van der Waals surface area contributed by atoms with Crippen molar-refractivity contribution in [3.05, 3.63) is 56.4 Å². The molecule has 1 N–H and O–H groups in total. The van der Waals surface area contributed by atoms with Crippen LogP contribution in [0, 0.1) is 13.8 Å². The van der Waals surface area contributed by atoms with Gasteiger partial charge >= 0.3 is 5.97 Å². The topological polar surface area (TPSA) is 98.3 Å². The minimum atomic E-state index is -0.725. The van der Waals surface area contributed by atoms with Gasteiger partial charge in [0.05, 0.1) is 18.4 Å². The number of ether oxygens (including phenoxy) is 2. The average Bonchev–Trinajstić information content (AvgIpc) is 3.04. The highest BCUT2D eigenvalue weighted by molar-refractivity contribution is 7.18. The van der Waals surface area contributed by atoms with Crippen molar-refractivity contribution in [1.82, 2.24) is 9.97 Å². The van der Waals surface area contributed by atoms with Gasteiger partial charge in [0.1, 0.15) is 10.6 Å². The number of carbonyl (C=O) groups is 2. The molecule has 8 heteroatoms. The van der Waals surface area contributed by atoms with E-state index in [9.17, 15) is 14.4 Å². The van der Waals surface area contributed by atoms with E-state index in [4.69, 9.17) is 9.47 Å². The van der Waals surface area contributed by atoms with Gasteiger partial charge in [-0.25, -0.2) is 4.98 Å². The van der Waals surface area contributed by atoms with E-state index >= 15 is 0 Å². The molecule has 0 amide bonds. The number of carbonyl (C=O) groups excluding carboxylic acids is 2. The lowest BCUT2D eigenvalue weighted by molar-refractivity contribution is -0.148. The minimum Gasteiger partial charge on any atom is -0.494 e. The number of fused-ring (bicyclic) bond motifs is 1. The van der Waals surface area contributed by atoms with Crippen molar-refractivity contribution in [2.75, 3.05) is 6.61 Å². The molecule has 3 aromatic rings. The molecular formula is C23H26N2O5S. The first-order chi connectivity index (χ1) is 14.8. The maximum absolute atomic E-state index is 12.4. The first kappa shape index (κ1) is 22.7. The summed E-state index contributed by atoms with van der Waals surface area (Å²) in [5.74, 6) is 0.330. The number of aryl methyl sites for hydroxylation is 2. The fraction of sp³-hybridized carbons (Fsp3) is 0.391. The number of aromatic nitrogens is 2. The Hall–Kier alpha value is -3.00. The van der Waals surface area contributed by atoms with Gasteiger partial charge in [0.15, 0.2) is 17.7 Å². The fourth-order valence-electron chi connectivity index (χ4n) is 3.09. The molecule has 0 aliphatic heterocycles. The summed E-state index contributed by atoms with van der Waals surface area (Å²) in [4.78, 5) is 45.8. The number of nitrogens with one attached hydrogen (secondary N) is 1. The SMILES string of the molecule is CCCOc1ccc(C(=O)CCC(=O)OC(C)c2nc3sc(C)c(C)c3c(=O)[nH]2)cc1. The van der Waals surface area contributed by atoms with Crippen molar-refractivity contribution < 1.29 is 19.1 Å². The highest BCUT2D eigenvalue weighted by Gasteiger charge is 2.19. The second-order valence-corrected chi connectivity index (χ2v) is 8.55. The predicted octanol–water partition coefficient (Wildman–Crippen LogP) is 4.66. The molecule has 0 aliphatic rings. The molecule has 7 nitrogen and oxygen atoms in total. The third-order valence-electron chi connectivity index (χ3n) is 4.96. The van der Waals surface area contributed by atoms with Gasteiger partial charge in [-0.1, -0.05) is 6.92 Å². The van der Waals surface area contributed by atoms with Crippen molar-refractivity contribution in [3.63, 3.8) is 0 Å². The number of hydrogen-bond donors (Lipinski definition) is 1. The molecule has 1 aromatic carbocycles. The van der Waals surface area contributed by atoms with Crippen molar-refractivity contribution >= 4 is 33.3 Å². The zero-order valence-corrected chi connectivity index (χ0v) is 18.9. The van der Waals surface area contributed by atoms with Crippen LogP contribution in [0.1, 0.15) is 65.8 Å². The number of rotatable bonds is 9. The van der Waals surface area contributed by atoms with E-state index in [0.717, 1.165) is 16.9 Å². The summed E-state index contributed by atoms with van der Waals surface area (Å²) < 4.78 is 10.9. The molecule has 0 saturated carbocycles. The molecule has 164 valence electrons. The Morgan fingerprint density at radius 2 is 1.87 bits per heavy atom. The molecule has 0 bridgehead atoms. The second-order valence-electron chi connectivity index (χ2n) is 7.34. The summed E-state index contributed by atoms with van der Waals surface area (Å²) >= 11 is 1.44. The summed E-state index contributed by atoms with van der Waals surface area (Å²) in [6.45, 7) is 8.11. The van der Waals surface area contributed by atoms with Gasteiger partial charge in [-0.3, -0.25) is 14.4 Å². The summed E-state index contributed by atoms with van der Waals surface area (Å²) in [5, 5.41) is 0.571. The Morgan fingerprint density at radius 1 is 1.16 bits per heavy atom. The molecule has 2 heterocycles. The molecular weight excluding hydrogens is 416 g/mol. The van der Waals surface area contributed by atoms with Crippen molar-refractivity contribution in [2.24, 2.45) is 0 Å². The molecule has 0 spiro atoms. The van der Waals surface area contributed by atoms with E-state index in [1.54, 1.807) is 31.2 Å². The number of Topliss-reactive ketones (excluding diaryl/α,β-unsaturated/α-hetero) is 1. The second kappa shape index (κ2) is 9.87. The first-order valence-corrected chi connectivity index (χ1v) is 11.1. The average molecular weight is 443 g/mol. The number of esters is 1. The Labute approximate surface area is 184 Å². The smallest absolute Gasteiger partial charge is 0.306 e. The normalized spacial score (nSPS) is 12.0. The lowest BCUT2D eigenvalue weighted by Gasteiger charge is -2.12. The van der Waals surface area contributed by atoms with Gasteiger partial charge in [-0.05, 0) is 57.0 Å². The Morgan fingerprint density at radius 3 is 2.55 bits per heavy atom. The third-order valence-corrected chi connectivity index (χ3v) is 6.06. The highest BCUT2D eigenvalue weighted by atomic mass is 32.1. The summed E-state index contributed by atoms with van der Waals surface area (Å²) in [5.41, 5.74) is 1.18. The van der Waals surface area contributed by atoms with Gasteiger partial charge in [0, 0.05) is 16.9 Å². The van der Waals surface area contributed by atoms with Crippen LogP contribution >= 0.6 is 11.3 Å². The molecule has 31 heavy (non-hydrogen) atoms. The first-order valence-electron chi connectivity index (χ1n) is 10.3. The molecule has 0 aliphatic carbocycles. The van der Waals surface area contributed by atoms with E-state index in [0.29, 0.717) is 34.0 Å². The summed E-state index contributed by atoms with van der Waals surface area (Å²) in [6.07, 6.45) is 0.163. The molecule has 1 unspecified atom stereocenters. The van der Waals surface area contributed by atoms with Gasteiger partial charge in [0.2, 0.25) is 0 Å². The van der Waals surface area contributed by atoms with E-state index < -0.39 is 12.1 Å². The number of aromatic amines is 1. The lowest BCUT2D eigenvalue weighted by Crippen LogP contribution is -2.17. The maximum Gasteiger partial charge on any atom is 0.306 e. The maximum atomic E-state index is 12.4. The number of thiophene rings is 1. The highest BCUT2D eigenvalue weighted by Crippen LogP contribution is 2.27. The molecule has 1 atom stereocenters. The van der Waals surface area contributed by atoms with E-state index in [2.05, 4.69) is 9.97 Å². The Kier molecular flexibility index (Phi) is 7.22. The van der Waals surface area contributed by atoms with Gasteiger partial charge in [-0.15, -0.1) is 11.3 Å². The van der Waals surface area contributed by atoms with Crippen LogP contribution < -0.4 is 10.3 Å². The number of nitrogens with zero attached hydrogens (tertiary/aromatic N) is 1. The Balaban J connectivity index is 1.57. The van der Waals surface area contributed by atoms with Crippen molar-refractivity contribution in [3.8, 4) is 5.75 Å². The number of ketones is 1. The van der Waals surface area contributed by atoms with Crippen LogP contribution in [-0.2, 0) is 9.53 Å². The van der Waals surface area contributed by atoms with E-state index in [-0.39, 0.29) is 24.2 Å².